The first-order chi connectivity index (χ1) is 12.6. The number of carbonyl (C=O) groups is 1. The van der Waals surface area contributed by atoms with Gasteiger partial charge in [0.2, 0.25) is 18.3 Å². The van der Waals surface area contributed by atoms with Crippen molar-refractivity contribution in [2.45, 2.75) is 85.1 Å². The molecule has 0 amide bonds. The lowest BCUT2D eigenvalue weighted by atomic mass is 10.1. The van der Waals surface area contributed by atoms with Crippen molar-refractivity contribution in [3.05, 3.63) is 29.8 Å². The van der Waals surface area contributed by atoms with E-state index in [-0.39, 0.29) is 35.1 Å². The molecule has 0 aliphatic carbocycles. The lowest BCUT2D eigenvalue weighted by Crippen LogP contribution is -2.43. The van der Waals surface area contributed by atoms with Gasteiger partial charge in [-0.3, -0.25) is 4.79 Å². The molecule has 0 atom stereocenters. The Bertz CT molecular complexity index is 755. The van der Waals surface area contributed by atoms with Crippen LogP contribution in [0.1, 0.15) is 65.2 Å². The number of rotatable bonds is 9. The SMILES string of the molecule is CC(C)N(C(C)C)S(=O)(=O)CCC(=O)c1ccc(O[Si](C)(C)C(C)(C)C)cc1. The summed E-state index contributed by atoms with van der Waals surface area (Å²) in [6.07, 6.45) is -0.0271. The topological polar surface area (TPSA) is 63.7 Å². The molecule has 0 aliphatic heterocycles. The fourth-order valence-electron chi connectivity index (χ4n) is 2.87. The zero-order valence-electron chi connectivity index (χ0n) is 18.9. The van der Waals surface area contributed by atoms with Gasteiger partial charge in [-0.1, -0.05) is 20.8 Å². The molecule has 1 aromatic carbocycles. The van der Waals surface area contributed by atoms with E-state index >= 15 is 0 Å². The smallest absolute Gasteiger partial charge is 0.250 e. The monoisotopic (exact) mass is 427 g/mol. The van der Waals surface area contributed by atoms with Crippen LogP contribution in [0.2, 0.25) is 18.1 Å². The van der Waals surface area contributed by atoms with E-state index in [0.717, 1.165) is 5.75 Å². The van der Waals surface area contributed by atoms with Crippen molar-refractivity contribution in [2.75, 3.05) is 5.75 Å². The summed E-state index contributed by atoms with van der Waals surface area (Å²) in [4.78, 5) is 12.5. The van der Waals surface area contributed by atoms with E-state index in [9.17, 15) is 13.2 Å². The maximum Gasteiger partial charge on any atom is 0.250 e. The zero-order chi connectivity index (χ0) is 21.9. The number of Topliss-reactive ketones (excluding diaryl/α,β-unsaturated/α-hetero) is 1. The second-order valence-electron chi connectivity index (χ2n) is 9.39. The standard InChI is InChI=1S/C21H37NO4SSi/c1-16(2)22(17(3)4)27(24,25)15-14-20(23)18-10-12-19(13-11-18)26-28(8,9)21(5,6)7/h10-13,16-17H,14-15H2,1-9H3. The molecular weight excluding hydrogens is 390 g/mol. The van der Waals surface area contributed by atoms with Gasteiger partial charge in [-0.25, -0.2) is 8.42 Å². The summed E-state index contributed by atoms with van der Waals surface area (Å²) in [5.74, 6) is 0.404. The summed E-state index contributed by atoms with van der Waals surface area (Å²) in [5, 5.41) is 0.0918. The van der Waals surface area contributed by atoms with E-state index < -0.39 is 18.3 Å². The number of ketones is 1. The van der Waals surface area contributed by atoms with Crippen molar-refractivity contribution in [1.82, 2.24) is 4.31 Å². The lowest BCUT2D eigenvalue weighted by Gasteiger charge is -2.36. The van der Waals surface area contributed by atoms with Crippen LogP contribution in [0.15, 0.2) is 24.3 Å². The van der Waals surface area contributed by atoms with Crippen LogP contribution in [-0.2, 0) is 10.0 Å². The van der Waals surface area contributed by atoms with Crippen LogP contribution in [0.25, 0.3) is 0 Å². The zero-order valence-corrected chi connectivity index (χ0v) is 20.7. The van der Waals surface area contributed by atoms with Crippen LogP contribution >= 0.6 is 0 Å². The van der Waals surface area contributed by atoms with Crippen molar-refractivity contribution >= 4 is 24.1 Å². The van der Waals surface area contributed by atoms with Crippen molar-refractivity contribution < 1.29 is 17.6 Å². The molecule has 0 fully saturated rings. The highest BCUT2D eigenvalue weighted by Gasteiger charge is 2.39. The summed E-state index contributed by atoms with van der Waals surface area (Å²) in [6, 6.07) is 6.78. The summed E-state index contributed by atoms with van der Waals surface area (Å²) in [7, 11) is -5.41. The summed E-state index contributed by atoms with van der Waals surface area (Å²) in [5.41, 5.74) is 0.512. The molecule has 0 aromatic heterocycles. The van der Waals surface area contributed by atoms with E-state index in [4.69, 9.17) is 4.43 Å². The van der Waals surface area contributed by atoms with Crippen LogP contribution in [-0.4, -0.2) is 44.7 Å². The molecule has 160 valence electrons. The molecule has 0 saturated carbocycles. The Hall–Kier alpha value is -1.18. The van der Waals surface area contributed by atoms with Gasteiger partial charge in [-0.2, -0.15) is 4.31 Å². The van der Waals surface area contributed by atoms with Gasteiger partial charge in [0.25, 0.3) is 0 Å². The molecule has 0 N–H and O–H groups in total. The van der Waals surface area contributed by atoms with E-state index in [1.54, 1.807) is 24.3 Å². The fourth-order valence-corrected chi connectivity index (χ4v) is 5.84. The van der Waals surface area contributed by atoms with Crippen LogP contribution in [0.5, 0.6) is 5.75 Å². The third kappa shape index (κ3) is 6.42. The van der Waals surface area contributed by atoms with Crippen molar-refractivity contribution in [3.8, 4) is 5.75 Å². The third-order valence-corrected chi connectivity index (χ3v) is 11.8. The van der Waals surface area contributed by atoms with E-state index in [1.165, 1.54) is 4.31 Å². The molecule has 1 rings (SSSR count). The van der Waals surface area contributed by atoms with Gasteiger partial charge in [-0.05, 0) is 70.1 Å². The molecular formula is C21H37NO4SSi. The minimum atomic E-state index is -3.48. The predicted molar refractivity (Wildman–Crippen MR) is 119 cm³/mol. The van der Waals surface area contributed by atoms with Gasteiger partial charge in [-0.15, -0.1) is 0 Å². The van der Waals surface area contributed by atoms with Crippen LogP contribution < -0.4 is 4.43 Å². The van der Waals surface area contributed by atoms with E-state index in [0.29, 0.717) is 5.56 Å². The largest absolute Gasteiger partial charge is 0.544 e. The molecule has 0 bridgehead atoms. The quantitative estimate of drug-likeness (QED) is 0.407. The number of sulfonamides is 1. The first kappa shape index (κ1) is 24.9. The highest BCUT2D eigenvalue weighted by Crippen LogP contribution is 2.37. The molecule has 5 nitrogen and oxygen atoms in total. The average molecular weight is 428 g/mol. The van der Waals surface area contributed by atoms with Crippen molar-refractivity contribution in [1.29, 1.82) is 0 Å². The molecule has 7 heteroatoms. The highest BCUT2D eigenvalue weighted by atomic mass is 32.2. The molecule has 0 aliphatic rings. The molecule has 0 saturated heterocycles. The molecule has 0 radical (unpaired) electrons. The number of carbonyl (C=O) groups excluding carboxylic acids is 1. The highest BCUT2D eigenvalue weighted by molar-refractivity contribution is 7.89. The minimum absolute atomic E-state index is 0.0271. The second-order valence-corrected chi connectivity index (χ2v) is 16.1. The number of benzene rings is 1. The van der Waals surface area contributed by atoms with Gasteiger partial charge in [0.1, 0.15) is 5.75 Å². The molecule has 1 aromatic rings. The third-order valence-electron chi connectivity index (χ3n) is 5.28. The first-order valence-corrected chi connectivity index (χ1v) is 14.4. The first-order valence-electron chi connectivity index (χ1n) is 9.92. The Morgan fingerprint density at radius 2 is 1.50 bits per heavy atom. The van der Waals surface area contributed by atoms with Gasteiger partial charge >= 0.3 is 0 Å². The summed E-state index contributed by atoms with van der Waals surface area (Å²) in [6.45, 7) is 18.3. The van der Waals surface area contributed by atoms with Gasteiger partial charge in [0, 0.05) is 24.1 Å². The fraction of sp³-hybridized carbons (Fsp3) is 0.667. The van der Waals surface area contributed by atoms with E-state index in [2.05, 4.69) is 33.9 Å². The van der Waals surface area contributed by atoms with Gasteiger partial charge < -0.3 is 4.43 Å². The van der Waals surface area contributed by atoms with E-state index in [1.807, 2.05) is 27.7 Å². The van der Waals surface area contributed by atoms with Gasteiger partial charge in [0.15, 0.2) is 5.78 Å². The molecule has 0 spiro atoms. The maximum atomic E-state index is 12.6. The molecule has 0 heterocycles. The number of hydrogen-bond acceptors (Lipinski definition) is 4. The Morgan fingerprint density at radius 1 is 1.04 bits per heavy atom. The van der Waals surface area contributed by atoms with Gasteiger partial charge in [0.05, 0.1) is 5.75 Å². The molecule has 28 heavy (non-hydrogen) atoms. The Morgan fingerprint density at radius 3 is 1.89 bits per heavy atom. The van der Waals surface area contributed by atoms with Crippen molar-refractivity contribution in [3.63, 3.8) is 0 Å². The summed E-state index contributed by atoms with van der Waals surface area (Å²) >= 11 is 0. The average Bonchev–Trinajstić information content (AvgIpc) is 2.50. The Labute approximate surface area is 172 Å². The second kappa shape index (κ2) is 9.09. The van der Waals surface area contributed by atoms with Crippen LogP contribution in [0.4, 0.5) is 0 Å². The number of nitrogens with zero attached hydrogens (tertiary/aromatic N) is 1. The van der Waals surface area contributed by atoms with Crippen LogP contribution in [0, 0.1) is 0 Å². The normalized spacial score (nSPS) is 13.4. The number of hydrogen-bond donors (Lipinski definition) is 0. The Balaban J connectivity index is 2.82. The van der Waals surface area contributed by atoms with Crippen LogP contribution in [0.3, 0.4) is 0 Å². The molecule has 0 unspecified atom stereocenters. The maximum absolute atomic E-state index is 12.6. The summed E-state index contributed by atoms with van der Waals surface area (Å²) < 4.78 is 32.9. The predicted octanol–water partition coefficient (Wildman–Crippen LogP) is 5.09. The lowest BCUT2D eigenvalue weighted by molar-refractivity contribution is 0.0988. The minimum Gasteiger partial charge on any atom is -0.544 e. The van der Waals surface area contributed by atoms with Crippen molar-refractivity contribution in [2.24, 2.45) is 0 Å². The Kier molecular flexibility index (Phi) is 8.07.